The van der Waals surface area contributed by atoms with Crippen molar-refractivity contribution in [2.24, 2.45) is 11.5 Å². The molecule has 0 bridgehead atoms. The fourth-order valence-corrected chi connectivity index (χ4v) is 2.10. The number of ether oxygens (including phenoxy) is 3. The summed E-state index contributed by atoms with van der Waals surface area (Å²) >= 11 is 6.80. The van der Waals surface area contributed by atoms with E-state index in [1.807, 2.05) is 0 Å². The number of hydrogen-bond donors (Lipinski definition) is 2. The minimum Gasteiger partial charge on any atom is -0.377 e. The lowest BCUT2D eigenvalue weighted by atomic mass is 10.4. The molecule has 0 amide bonds. The number of halogens is 3. The van der Waals surface area contributed by atoms with Crippen molar-refractivity contribution in [3.8, 4) is 0 Å². The van der Waals surface area contributed by atoms with Gasteiger partial charge in [0, 0.05) is 25.4 Å². The van der Waals surface area contributed by atoms with E-state index < -0.39 is 0 Å². The molecule has 0 aliphatic rings. The van der Waals surface area contributed by atoms with Gasteiger partial charge in [-0.05, 0) is 0 Å². The summed E-state index contributed by atoms with van der Waals surface area (Å²) in [5.74, 6) is 0. The van der Waals surface area contributed by atoms with Crippen LogP contribution in [0.25, 0.3) is 0 Å². The van der Waals surface area contributed by atoms with Gasteiger partial charge in [-0.2, -0.15) is 0 Å². The fraction of sp³-hybridized carbons (Fsp3) is 1.00. The minimum absolute atomic E-state index is 0.101. The van der Waals surface area contributed by atoms with Crippen molar-refractivity contribution in [1.82, 2.24) is 0 Å². The number of rotatable bonds is 13. The van der Waals surface area contributed by atoms with Gasteiger partial charge in [-0.25, -0.2) is 0 Å². The van der Waals surface area contributed by atoms with Gasteiger partial charge in [0.15, 0.2) is 0 Å². The van der Waals surface area contributed by atoms with Gasteiger partial charge in [-0.1, -0.05) is 67.8 Å². The Bertz CT molecular complexity index is 204. The Balaban J connectivity index is 3.48. The molecule has 0 saturated carbocycles. The summed E-state index contributed by atoms with van der Waals surface area (Å²) in [6.07, 6.45) is 0.101. The smallest absolute Gasteiger partial charge is 0.0898 e. The molecule has 0 aromatic carbocycles. The third kappa shape index (κ3) is 13.4. The van der Waals surface area contributed by atoms with Gasteiger partial charge in [-0.15, -0.1) is 0 Å². The lowest BCUT2D eigenvalue weighted by molar-refractivity contribution is -0.0283. The van der Waals surface area contributed by atoms with Crippen molar-refractivity contribution in [2.75, 3.05) is 46.3 Å². The van der Waals surface area contributed by atoms with Crippen LogP contribution in [0.5, 0.6) is 0 Å². The van der Waals surface area contributed by atoms with Crippen molar-refractivity contribution < 1.29 is 14.2 Å². The number of nitrogens with two attached hydrogens (primary N) is 2. The van der Waals surface area contributed by atoms with Gasteiger partial charge in [0.25, 0.3) is 0 Å². The molecule has 0 spiro atoms. The molecule has 19 heavy (non-hydrogen) atoms. The Hall–Kier alpha value is 1.99. The van der Waals surface area contributed by atoms with Gasteiger partial charge in [-0.3, -0.25) is 0 Å². The zero-order chi connectivity index (χ0) is 14.5. The quantitative estimate of drug-likeness (QED) is 0.187. The standard InChI is InChI=1S/C11H23I3N2O3/c12-3-9(15)6-17-1-2-19-11(5-14)8-18-7-10(16)4-13/h9-11H,1-8,15-16H2. The van der Waals surface area contributed by atoms with Crippen molar-refractivity contribution in [3.63, 3.8) is 0 Å². The predicted octanol–water partition coefficient (Wildman–Crippen LogP) is 1.36. The van der Waals surface area contributed by atoms with Crippen molar-refractivity contribution in [1.29, 1.82) is 0 Å². The van der Waals surface area contributed by atoms with Crippen molar-refractivity contribution in [2.45, 2.75) is 18.2 Å². The maximum Gasteiger partial charge on any atom is 0.0898 e. The summed E-state index contributed by atoms with van der Waals surface area (Å²) in [7, 11) is 0. The second kappa shape index (κ2) is 14.9. The molecule has 0 fully saturated rings. The van der Waals surface area contributed by atoms with Crippen LogP contribution in [0.15, 0.2) is 0 Å². The Morgan fingerprint density at radius 3 is 1.84 bits per heavy atom. The van der Waals surface area contributed by atoms with E-state index >= 15 is 0 Å². The van der Waals surface area contributed by atoms with E-state index in [0.717, 1.165) is 13.3 Å². The van der Waals surface area contributed by atoms with Gasteiger partial charge in [0.05, 0.1) is 39.1 Å². The highest BCUT2D eigenvalue weighted by Crippen LogP contribution is 2.00. The second-order valence-electron chi connectivity index (χ2n) is 4.09. The molecule has 0 aliphatic heterocycles. The lowest BCUT2D eigenvalue weighted by Crippen LogP contribution is -2.31. The maximum atomic E-state index is 5.77. The van der Waals surface area contributed by atoms with Crippen LogP contribution in [0, 0.1) is 0 Å². The van der Waals surface area contributed by atoms with Crippen LogP contribution in [0.1, 0.15) is 0 Å². The van der Waals surface area contributed by atoms with Crippen LogP contribution >= 0.6 is 67.8 Å². The first-order chi connectivity index (χ1) is 9.13. The average Bonchev–Trinajstić information content (AvgIpc) is 2.44. The topological polar surface area (TPSA) is 79.7 Å². The highest BCUT2D eigenvalue weighted by atomic mass is 127. The normalized spacial score (nSPS) is 16.3. The maximum absolute atomic E-state index is 5.77. The first-order valence-electron chi connectivity index (χ1n) is 6.10. The molecular weight excluding hydrogens is 589 g/mol. The molecule has 3 atom stereocenters. The van der Waals surface area contributed by atoms with Gasteiger partial charge < -0.3 is 25.7 Å². The predicted molar refractivity (Wildman–Crippen MR) is 104 cm³/mol. The third-order valence-electron chi connectivity index (χ3n) is 2.12. The molecule has 0 radical (unpaired) electrons. The van der Waals surface area contributed by atoms with Crippen molar-refractivity contribution in [3.05, 3.63) is 0 Å². The Morgan fingerprint density at radius 1 is 0.737 bits per heavy atom. The number of hydrogen-bond acceptors (Lipinski definition) is 5. The van der Waals surface area contributed by atoms with E-state index in [0.29, 0.717) is 33.0 Å². The van der Waals surface area contributed by atoms with E-state index in [-0.39, 0.29) is 18.2 Å². The summed E-state index contributed by atoms with van der Waals surface area (Å²) in [5, 5.41) is 0. The van der Waals surface area contributed by atoms with Crippen LogP contribution in [0.4, 0.5) is 0 Å². The van der Waals surface area contributed by atoms with Gasteiger partial charge in [0.2, 0.25) is 0 Å². The zero-order valence-corrected chi connectivity index (χ0v) is 17.4. The summed E-state index contributed by atoms with van der Waals surface area (Å²) in [5.41, 5.74) is 11.5. The lowest BCUT2D eigenvalue weighted by Gasteiger charge is -2.17. The van der Waals surface area contributed by atoms with Gasteiger partial charge >= 0.3 is 0 Å². The van der Waals surface area contributed by atoms with Crippen LogP contribution < -0.4 is 11.5 Å². The molecular formula is C11H23I3N2O3. The van der Waals surface area contributed by atoms with E-state index in [1.54, 1.807) is 0 Å². The molecule has 8 heteroatoms. The molecule has 0 heterocycles. The van der Waals surface area contributed by atoms with Gasteiger partial charge in [0.1, 0.15) is 0 Å². The van der Waals surface area contributed by atoms with E-state index in [4.69, 9.17) is 25.7 Å². The minimum atomic E-state index is 0.101. The fourth-order valence-electron chi connectivity index (χ4n) is 1.09. The first-order valence-corrected chi connectivity index (χ1v) is 10.7. The molecule has 0 aromatic rings. The largest absolute Gasteiger partial charge is 0.377 e. The van der Waals surface area contributed by atoms with Crippen LogP contribution in [0.2, 0.25) is 0 Å². The molecule has 0 aliphatic carbocycles. The van der Waals surface area contributed by atoms with E-state index in [1.165, 1.54) is 0 Å². The van der Waals surface area contributed by atoms with E-state index in [9.17, 15) is 0 Å². The highest BCUT2D eigenvalue weighted by Gasteiger charge is 2.09. The number of alkyl halides is 3. The second-order valence-corrected chi connectivity index (χ2v) is 6.73. The highest BCUT2D eigenvalue weighted by molar-refractivity contribution is 14.1. The summed E-state index contributed by atoms with van der Waals surface area (Å²) in [4.78, 5) is 0. The summed E-state index contributed by atoms with van der Waals surface area (Å²) in [6.45, 7) is 2.90. The molecule has 3 unspecified atom stereocenters. The van der Waals surface area contributed by atoms with E-state index in [2.05, 4.69) is 67.8 Å². The molecule has 0 saturated heterocycles. The molecule has 0 rings (SSSR count). The van der Waals surface area contributed by atoms with Crippen LogP contribution in [0.3, 0.4) is 0 Å². The first kappa shape index (κ1) is 21.0. The Labute approximate surface area is 156 Å². The monoisotopic (exact) mass is 612 g/mol. The summed E-state index contributed by atoms with van der Waals surface area (Å²) in [6, 6.07) is 0.215. The zero-order valence-electron chi connectivity index (χ0n) is 10.9. The van der Waals surface area contributed by atoms with Crippen LogP contribution in [-0.2, 0) is 14.2 Å². The average molecular weight is 612 g/mol. The third-order valence-corrected chi connectivity index (χ3v) is 5.36. The molecule has 5 nitrogen and oxygen atoms in total. The van der Waals surface area contributed by atoms with Crippen LogP contribution in [-0.4, -0.2) is 64.5 Å². The Kier molecular flexibility index (Phi) is 16.5. The van der Waals surface area contributed by atoms with Crippen molar-refractivity contribution >= 4 is 67.8 Å². The summed E-state index contributed by atoms with van der Waals surface area (Å²) < 4.78 is 19.3. The molecule has 0 aromatic heterocycles. The SMILES string of the molecule is NC(CI)COCCOC(CI)COCC(N)CI. The molecule has 116 valence electrons. The Morgan fingerprint density at radius 2 is 1.32 bits per heavy atom. The molecule has 4 N–H and O–H groups in total.